The predicted molar refractivity (Wildman–Crippen MR) is 59.9 cm³/mol. The molecular formula is C10H9ClN2O4. The van der Waals surface area contributed by atoms with Crippen molar-refractivity contribution in [1.82, 2.24) is 5.32 Å². The molecule has 1 aliphatic heterocycles. The van der Waals surface area contributed by atoms with Crippen LogP contribution in [0, 0.1) is 10.1 Å². The molecule has 1 aliphatic rings. The maximum absolute atomic E-state index is 11.1. The Labute approximate surface area is 102 Å². The summed E-state index contributed by atoms with van der Waals surface area (Å²) >= 11 is 5.81. The lowest BCUT2D eigenvalue weighted by molar-refractivity contribution is -0.385. The van der Waals surface area contributed by atoms with Crippen molar-refractivity contribution >= 4 is 23.4 Å². The van der Waals surface area contributed by atoms with Gasteiger partial charge < -0.3 is 10.1 Å². The molecule has 1 fully saturated rings. The molecule has 0 saturated carbocycles. The van der Waals surface area contributed by atoms with Crippen molar-refractivity contribution in [1.29, 1.82) is 0 Å². The highest BCUT2D eigenvalue weighted by molar-refractivity contribution is 6.30. The molecule has 2 rings (SSSR count). The van der Waals surface area contributed by atoms with Crippen molar-refractivity contribution in [2.24, 2.45) is 0 Å². The zero-order valence-corrected chi connectivity index (χ0v) is 9.44. The molecule has 1 heterocycles. The molecule has 1 amide bonds. The number of nitrogens with zero attached hydrogens (tertiary/aromatic N) is 1. The molecule has 0 radical (unpaired) electrons. The van der Waals surface area contributed by atoms with Crippen molar-refractivity contribution in [3.8, 4) is 0 Å². The topological polar surface area (TPSA) is 81.5 Å². The number of benzene rings is 1. The Morgan fingerprint density at radius 3 is 2.94 bits per heavy atom. The van der Waals surface area contributed by atoms with Crippen LogP contribution in [-0.2, 0) is 4.74 Å². The fraction of sp³-hybridized carbons (Fsp3) is 0.300. The molecule has 0 unspecified atom stereocenters. The largest absolute Gasteiger partial charge is 0.449 e. The van der Waals surface area contributed by atoms with E-state index in [1.54, 1.807) is 0 Å². The summed E-state index contributed by atoms with van der Waals surface area (Å²) in [5.41, 5.74) is 0.348. The number of alkyl carbamates (subject to hydrolysis) is 1. The fourth-order valence-corrected chi connectivity index (χ4v) is 1.91. The van der Waals surface area contributed by atoms with E-state index in [9.17, 15) is 14.9 Å². The normalized spacial score (nSPS) is 19.4. The average molecular weight is 257 g/mol. The predicted octanol–water partition coefficient (Wildman–Crippen LogP) is 2.42. The first-order valence-electron chi connectivity index (χ1n) is 4.95. The molecule has 1 N–H and O–H groups in total. The van der Waals surface area contributed by atoms with Crippen molar-refractivity contribution in [3.05, 3.63) is 38.9 Å². The van der Waals surface area contributed by atoms with Crippen LogP contribution in [0.5, 0.6) is 0 Å². The van der Waals surface area contributed by atoms with Crippen LogP contribution in [-0.4, -0.2) is 17.6 Å². The van der Waals surface area contributed by atoms with Gasteiger partial charge in [0.05, 0.1) is 23.1 Å². The summed E-state index contributed by atoms with van der Waals surface area (Å²) in [5, 5.41) is 13.8. The van der Waals surface area contributed by atoms with Crippen LogP contribution in [0.2, 0.25) is 5.02 Å². The summed E-state index contributed by atoms with van der Waals surface area (Å²) in [6, 6.07) is 3.84. The molecule has 7 heteroatoms. The third kappa shape index (κ3) is 2.47. The lowest BCUT2D eigenvalue weighted by Gasteiger charge is -2.23. The van der Waals surface area contributed by atoms with Crippen LogP contribution in [0.1, 0.15) is 18.0 Å². The van der Waals surface area contributed by atoms with Gasteiger partial charge in [0, 0.05) is 17.5 Å². The van der Waals surface area contributed by atoms with Crippen LogP contribution < -0.4 is 5.32 Å². The van der Waals surface area contributed by atoms with E-state index in [-0.39, 0.29) is 12.3 Å². The van der Waals surface area contributed by atoms with E-state index in [2.05, 4.69) is 5.32 Å². The number of nitro groups is 1. The number of carbonyl (C=O) groups is 1. The van der Waals surface area contributed by atoms with Crippen LogP contribution in [0.25, 0.3) is 0 Å². The second-order valence-corrected chi connectivity index (χ2v) is 4.02. The van der Waals surface area contributed by atoms with Gasteiger partial charge in [-0.1, -0.05) is 11.6 Å². The van der Waals surface area contributed by atoms with Crippen LogP contribution in [0.4, 0.5) is 10.5 Å². The van der Waals surface area contributed by atoms with Gasteiger partial charge in [-0.2, -0.15) is 0 Å². The molecule has 1 saturated heterocycles. The number of rotatable bonds is 2. The first-order chi connectivity index (χ1) is 8.08. The molecule has 90 valence electrons. The molecule has 6 nitrogen and oxygen atoms in total. The van der Waals surface area contributed by atoms with Gasteiger partial charge in [-0.05, 0) is 12.1 Å². The Morgan fingerprint density at radius 2 is 2.29 bits per heavy atom. The number of hydrogen-bond acceptors (Lipinski definition) is 4. The minimum atomic E-state index is -0.574. The van der Waals surface area contributed by atoms with Crippen molar-refractivity contribution in [3.63, 3.8) is 0 Å². The van der Waals surface area contributed by atoms with Crippen molar-refractivity contribution in [2.45, 2.75) is 12.5 Å². The Kier molecular flexibility index (Phi) is 3.14. The highest BCUT2D eigenvalue weighted by atomic mass is 35.5. The lowest BCUT2D eigenvalue weighted by atomic mass is 10.0. The van der Waals surface area contributed by atoms with Gasteiger partial charge in [-0.15, -0.1) is 0 Å². The van der Waals surface area contributed by atoms with Crippen LogP contribution in [0.15, 0.2) is 18.2 Å². The number of nitrogens with one attached hydrogen (secondary N) is 1. The van der Waals surface area contributed by atoms with Gasteiger partial charge in [-0.3, -0.25) is 10.1 Å². The summed E-state index contributed by atoms with van der Waals surface area (Å²) < 4.78 is 4.71. The molecule has 1 aromatic rings. The molecular weight excluding hydrogens is 248 g/mol. The molecule has 1 atom stereocenters. The minimum absolute atomic E-state index is 0.0541. The number of amides is 1. The molecule has 0 aliphatic carbocycles. The van der Waals surface area contributed by atoms with E-state index >= 15 is 0 Å². The Bertz CT molecular complexity index is 477. The molecule has 0 spiro atoms. The van der Waals surface area contributed by atoms with Crippen molar-refractivity contribution < 1.29 is 14.5 Å². The SMILES string of the molecule is O=C1N[C@@H](c2cc(Cl)ccc2[N+](=O)[O-])CCO1. The van der Waals surface area contributed by atoms with E-state index in [0.29, 0.717) is 17.0 Å². The monoisotopic (exact) mass is 256 g/mol. The van der Waals surface area contributed by atoms with Crippen molar-refractivity contribution in [2.75, 3.05) is 6.61 Å². The quantitative estimate of drug-likeness (QED) is 0.651. The van der Waals surface area contributed by atoms with Gasteiger partial charge in [0.2, 0.25) is 0 Å². The highest BCUT2D eigenvalue weighted by Crippen LogP contribution is 2.31. The number of carbonyl (C=O) groups excluding carboxylic acids is 1. The molecule has 1 aromatic carbocycles. The first kappa shape index (κ1) is 11.7. The maximum Gasteiger partial charge on any atom is 0.407 e. The van der Waals surface area contributed by atoms with Gasteiger partial charge in [0.25, 0.3) is 5.69 Å². The van der Waals surface area contributed by atoms with E-state index in [0.717, 1.165) is 0 Å². The zero-order chi connectivity index (χ0) is 12.4. The van der Waals surface area contributed by atoms with Gasteiger partial charge >= 0.3 is 6.09 Å². The van der Waals surface area contributed by atoms with Gasteiger partial charge in [-0.25, -0.2) is 4.79 Å². The number of ether oxygens (including phenoxy) is 1. The van der Waals surface area contributed by atoms with Crippen LogP contribution >= 0.6 is 11.6 Å². The summed E-state index contributed by atoms with van der Waals surface area (Å²) in [6.07, 6.45) is -0.0945. The summed E-state index contributed by atoms with van der Waals surface area (Å²) in [6.45, 7) is 0.236. The van der Waals surface area contributed by atoms with Gasteiger partial charge in [0.15, 0.2) is 0 Å². The zero-order valence-electron chi connectivity index (χ0n) is 8.68. The second kappa shape index (κ2) is 4.58. The Hall–Kier alpha value is -1.82. The lowest BCUT2D eigenvalue weighted by Crippen LogP contribution is -2.35. The molecule has 0 aromatic heterocycles. The second-order valence-electron chi connectivity index (χ2n) is 3.58. The summed E-state index contributed by atoms with van der Waals surface area (Å²) in [5.74, 6) is 0. The van der Waals surface area contributed by atoms with Gasteiger partial charge in [0.1, 0.15) is 0 Å². The number of nitro benzene ring substituents is 1. The van der Waals surface area contributed by atoms with Crippen LogP contribution in [0.3, 0.4) is 0 Å². The Balaban J connectivity index is 2.38. The summed E-state index contributed by atoms with van der Waals surface area (Å²) in [7, 11) is 0. The van der Waals surface area contributed by atoms with E-state index in [1.165, 1.54) is 18.2 Å². The van der Waals surface area contributed by atoms with E-state index < -0.39 is 17.1 Å². The van der Waals surface area contributed by atoms with E-state index in [4.69, 9.17) is 16.3 Å². The maximum atomic E-state index is 11.1. The molecule has 17 heavy (non-hydrogen) atoms. The standard InChI is InChI=1S/C10H9ClN2O4/c11-6-1-2-9(13(15)16)7(5-6)8-3-4-17-10(14)12-8/h1-2,5,8H,3-4H2,(H,12,14)/t8-/m1/s1. The highest BCUT2D eigenvalue weighted by Gasteiger charge is 2.27. The smallest absolute Gasteiger partial charge is 0.407 e. The Morgan fingerprint density at radius 1 is 1.53 bits per heavy atom. The average Bonchev–Trinajstić information content (AvgIpc) is 2.28. The number of hydrogen-bond donors (Lipinski definition) is 1. The third-order valence-electron chi connectivity index (χ3n) is 2.49. The number of cyclic esters (lactones) is 1. The third-order valence-corrected chi connectivity index (χ3v) is 2.73. The fourth-order valence-electron chi connectivity index (χ4n) is 1.73. The summed E-state index contributed by atoms with van der Waals surface area (Å²) in [4.78, 5) is 21.5. The first-order valence-corrected chi connectivity index (χ1v) is 5.33. The molecule has 0 bridgehead atoms. The number of halogens is 1. The minimum Gasteiger partial charge on any atom is -0.449 e. The van der Waals surface area contributed by atoms with E-state index in [1.807, 2.05) is 0 Å².